The van der Waals surface area contributed by atoms with Gasteiger partial charge in [-0.2, -0.15) is 0 Å². The molecule has 5 aliphatic heterocycles. The lowest BCUT2D eigenvalue weighted by atomic mass is 9.93. The summed E-state index contributed by atoms with van der Waals surface area (Å²) in [5.41, 5.74) is 20.2. The predicted octanol–water partition coefficient (Wildman–Crippen LogP) is -10.1. The molecule has 3 aromatic rings. The number of ether oxygens (including phenoxy) is 8. The maximum absolute atomic E-state index is 15.0. The Labute approximate surface area is 566 Å². The molecule has 24 N–H and O–H groups in total. The van der Waals surface area contributed by atoms with E-state index in [4.69, 9.17) is 55.1 Å². The number of aliphatic imine (C=N–C) groups is 2. The van der Waals surface area contributed by atoms with Crippen LogP contribution < -0.4 is 58.0 Å². The number of aliphatic hydroxyl groups is 13. The van der Waals surface area contributed by atoms with E-state index in [-0.39, 0.29) is 43.3 Å². The van der Waals surface area contributed by atoms with Crippen molar-refractivity contribution in [2.24, 2.45) is 27.2 Å². The molecular formula is C62H89N11O26. The minimum absolute atomic E-state index is 0.0135. The number of methoxy groups -OCH3 is 1. The molecule has 0 bridgehead atoms. The number of aldehydes is 1. The smallest absolute Gasteiger partial charge is 0.246 e. The van der Waals surface area contributed by atoms with Gasteiger partial charge in [-0.3, -0.25) is 29.2 Å². The number of carbonyl (C=O) groups is 5. The number of hydrogen-bond acceptors (Lipinski definition) is 33. The van der Waals surface area contributed by atoms with E-state index >= 15 is 0 Å². The van der Waals surface area contributed by atoms with E-state index in [1.807, 2.05) is 0 Å². The van der Waals surface area contributed by atoms with Crippen LogP contribution in [0.2, 0.25) is 0 Å². The lowest BCUT2D eigenvalue weighted by Crippen LogP contribution is -2.70. The molecule has 0 spiro atoms. The van der Waals surface area contributed by atoms with Crippen molar-refractivity contribution in [1.29, 1.82) is 0 Å². The first kappa shape index (κ1) is 77.1. The van der Waals surface area contributed by atoms with E-state index in [1.54, 1.807) is 62.4 Å². The molecule has 0 aromatic heterocycles. The van der Waals surface area contributed by atoms with Gasteiger partial charge in [-0.1, -0.05) is 55.5 Å². The maximum Gasteiger partial charge on any atom is 0.246 e. The zero-order chi connectivity index (χ0) is 72.1. The zero-order valence-electron chi connectivity index (χ0n) is 54.0. The monoisotopic (exact) mass is 1400 g/mol. The molecule has 3 aromatic carbocycles. The molecule has 0 radical (unpaired) electrons. The van der Waals surface area contributed by atoms with E-state index < -0.39 is 215 Å². The number of amides is 4. The molecule has 0 aliphatic carbocycles. The fraction of sp³-hybridized carbons (Fsp3) is 0.597. The van der Waals surface area contributed by atoms with Gasteiger partial charge < -0.3 is 158 Å². The molecule has 548 valence electrons. The van der Waals surface area contributed by atoms with Gasteiger partial charge >= 0.3 is 0 Å². The first-order valence-corrected chi connectivity index (χ1v) is 31.8. The molecule has 3 fully saturated rings. The number of benzene rings is 3. The minimum atomic E-state index is -2.26. The van der Waals surface area contributed by atoms with Crippen LogP contribution in [0.1, 0.15) is 36.5 Å². The van der Waals surface area contributed by atoms with Crippen molar-refractivity contribution in [1.82, 2.24) is 31.5 Å². The van der Waals surface area contributed by atoms with Gasteiger partial charge in [-0.15, -0.1) is 0 Å². The second kappa shape index (κ2) is 35.1. The highest BCUT2D eigenvalue weighted by Crippen LogP contribution is 2.34. The van der Waals surface area contributed by atoms with Crippen LogP contribution in [0.3, 0.4) is 0 Å². The van der Waals surface area contributed by atoms with Gasteiger partial charge in [0.1, 0.15) is 122 Å². The molecule has 25 atom stereocenters. The Morgan fingerprint density at radius 3 is 1.96 bits per heavy atom. The van der Waals surface area contributed by atoms with Crippen molar-refractivity contribution in [3.05, 3.63) is 89.5 Å². The predicted molar refractivity (Wildman–Crippen MR) is 339 cm³/mol. The third-order valence-electron chi connectivity index (χ3n) is 17.6. The van der Waals surface area contributed by atoms with Gasteiger partial charge in [0.2, 0.25) is 29.9 Å². The van der Waals surface area contributed by atoms with Gasteiger partial charge in [0, 0.05) is 12.3 Å². The van der Waals surface area contributed by atoms with E-state index in [0.717, 1.165) is 4.90 Å². The standard InChI is InChI=1S/C62H89N11O26/c1-4-94-36-17-28(12-15-35(36)92-3)24-93-25-39-46(81)48(83)51(86)60(98-39)99-53-38(23-77)97-59(52(87)49(53)84)95-31-13-10-27(11-14-31)16-32(69-55(89)40(63)26(2)29-8-6-5-7-9-29)54(88)71-41(43(78)33-18-66-61(64)70-33)57(91)72-42(56(90)68-30(20-74)21-75)44(79)34-19-67-62(65)73(34)58-50(85)47(82)45(80)37(22-76)96-58/h5-15,17,20,26,30,32-34,37-53,58-60,75-87H,4,16,18-19,21-25,63H2,1-3H3,(H2,65,67)(H,68,90)(H,69,89)(H,71,88)(H,72,91)(H3,64,66,70)/t26?,30-,32+,33?,34?,37?,38?,39?,40+,41+,42+,43?,44?,45?,46?,47?,48?,49?,50?,51?,52?,53?,58?,59?,60?/m1/s1. The van der Waals surface area contributed by atoms with E-state index in [0.29, 0.717) is 29.2 Å². The van der Waals surface area contributed by atoms with Crippen molar-refractivity contribution < 1.29 is 128 Å². The van der Waals surface area contributed by atoms with Crippen molar-refractivity contribution in [2.45, 2.75) is 179 Å². The number of hydrogen-bond donors (Lipinski definition) is 21. The Bertz CT molecular complexity index is 3220. The second-order valence-electron chi connectivity index (χ2n) is 24.3. The largest absolute Gasteiger partial charge is 0.493 e. The molecule has 4 amide bonds. The number of rotatable bonds is 32. The summed E-state index contributed by atoms with van der Waals surface area (Å²) in [5, 5.41) is 155. The van der Waals surface area contributed by atoms with Crippen LogP contribution in [0.15, 0.2) is 82.8 Å². The number of carbonyl (C=O) groups excluding carboxylic acids is 5. The van der Waals surface area contributed by atoms with Crippen LogP contribution in [-0.2, 0) is 60.7 Å². The highest BCUT2D eigenvalue weighted by molar-refractivity contribution is 5.96. The molecule has 5 aliphatic rings. The van der Waals surface area contributed by atoms with Crippen molar-refractivity contribution in [3.63, 3.8) is 0 Å². The number of aliphatic hydroxyl groups excluding tert-OH is 13. The minimum Gasteiger partial charge on any atom is -0.493 e. The first-order valence-electron chi connectivity index (χ1n) is 31.8. The molecule has 5 heterocycles. The average Bonchev–Trinajstić information content (AvgIpc) is 1.74. The fourth-order valence-electron chi connectivity index (χ4n) is 11.8. The van der Waals surface area contributed by atoms with Crippen LogP contribution in [-0.4, -0.2) is 313 Å². The molecule has 37 nitrogen and oxygen atoms in total. The zero-order valence-corrected chi connectivity index (χ0v) is 54.0. The molecule has 3 saturated heterocycles. The van der Waals surface area contributed by atoms with Crippen molar-refractivity contribution in [2.75, 3.05) is 53.2 Å². The van der Waals surface area contributed by atoms with Crippen LogP contribution >= 0.6 is 0 Å². The highest BCUT2D eigenvalue weighted by atomic mass is 16.7. The topological polar surface area (TPSA) is 588 Å². The second-order valence-corrected chi connectivity index (χ2v) is 24.3. The molecular weight excluding hydrogens is 1310 g/mol. The van der Waals surface area contributed by atoms with Crippen LogP contribution in [0.4, 0.5) is 0 Å². The SMILES string of the molecule is CCOc1cc(COCC2OC(OC3C(CO)OC(Oc4ccc(C[C@H](NC(=O)[C@@H](N)C(C)c5ccccc5)C(=O)N[C@H](C(=O)N[C@H](C(=O)N[C@H](C=O)CO)C(O)C5CN=C(N)N5C5OC(CO)C(O)C(O)C5O)C(O)C5CN=C(N)N5)cc4)C(O)C3O)C(O)C(O)C2O)ccc1OC. The summed E-state index contributed by atoms with van der Waals surface area (Å²) < 4.78 is 45.9. The average molecular weight is 1400 g/mol. The fourth-order valence-corrected chi connectivity index (χ4v) is 11.8. The Kier molecular flexibility index (Phi) is 27.4. The van der Waals surface area contributed by atoms with Crippen molar-refractivity contribution in [3.8, 4) is 17.2 Å². The summed E-state index contributed by atoms with van der Waals surface area (Å²) in [7, 11) is 1.49. The molecule has 0 saturated carbocycles. The third-order valence-corrected chi connectivity index (χ3v) is 17.6. The first-order chi connectivity index (χ1) is 47.3. The molecule has 20 unspecified atom stereocenters. The number of guanidine groups is 2. The summed E-state index contributed by atoms with van der Waals surface area (Å²) in [5.74, 6) is -5.25. The Morgan fingerprint density at radius 1 is 0.697 bits per heavy atom. The summed E-state index contributed by atoms with van der Waals surface area (Å²) in [6.07, 6.45) is -31.0. The summed E-state index contributed by atoms with van der Waals surface area (Å²) in [6, 6.07) is 7.24. The van der Waals surface area contributed by atoms with Crippen LogP contribution in [0, 0.1) is 0 Å². The van der Waals surface area contributed by atoms with Crippen LogP contribution in [0.25, 0.3) is 0 Å². The van der Waals surface area contributed by atoms with Gasteiger partial charge in [-0.05, 0) is 47.9 Å². The third kappa shape index (κ3) is 18.3. The maximum atomic E-state index is 15.0. The summed E-state index contributed by atoms with van der Waals surface area (Å²) >= 11 is 0. The summed E-state index contributed by atoms with van der Waals surface area (Å²) in [4.78, 5) is 79.3. The highest BCUT2D eigenvalue weighted by Gasteiger charge is 2.54. The molecule has 99 heavy (non-hydrogen) atoms. The van der Waals surface area contributed by atoms with E-state index in [2.05, 4.69) is 36.6 Å². The Hall–Kier alpha value is -7.61. The molecule has 37 heteroatoms. The van der Waals surface area contributed by atoms with Gasteiger partial charge in [0.05, 0.1) is 78.0 Å². The number of nitrogens with one attached hydrogen (secondary N) is 5. The Morgan fingerprint density at radius 2 is 1.32 bits per heavy atom. The van der Waals surface area contributed by atoms with Gasteiger partial charge in [0.15, 0.2) is 35.9 Å². The number of nitrogens with two attached hydrogens (primary N) is 3. The number of nitrogens with zero attached hydrogens (tertiary/aromatic N) is 3. The van der Waals surface area contributed by atoms with Crippen LogP contribution in [0.5, 0.6) is 17.2 Å². The van der Waals surface area contributed by atoms with Gasteiger partial charge in [-0.25, -0.2) is 0 Å². The lowest BCUT2D eigenvalue weighted by molar-refractivity contribution is -0.353. The Balaban J connectivity index is 1.00. The van der Waals surface area contributed by atoms with E-state index in [9.17, 15) is 90.4 Å². The normalized spacial score (nSPS) is 30.9. The summed E-state index contributed by atoms with van der Waals surface area (Å²) in [6.45, 7) is -0.0775. The quantitative estimate of drug-likeness (QED) is 0.0258. The molecule has 8 rings (SSSR count). The van der Waals surface area contributed by atoms with E-state index in [1.165, 1.54) is 31.4 Å². The van der Waals surface area contributed by atoms with Crippen molar-refractivity contribution >= 4 is 41.8 Å². The van der Waals surface area contributed by atoms with Gasteiger partial charge in [0.25, 0.3) is 0 Å². The lowest BCUT2D eigenvalue weighted by Gasteiger charge is -2.46.